The molecule has 0 radical (unpaired) electrons. The van der Waals surface area contributed by atoms with Gasteiger partial charge >= 0.3 is 0 Å². The quantitative estimate of drug-likeness (QED) is 0.868. The van der Waals surface area contributed by atoms with Gasteiger partial charge in [0.1, 0.15) is 12.4 Å². The first-order valence-corrected chi connectivity index (χ1v) is 7.05. The van der Waals surface area contributed by atoms with Crippen molar-refractivity contribution in [1.29, 1.82) is 0 Å². The van der Waals surface area contributed by atoms with Gasteiger partial charge in [-0.25, -0.2) is 0 Å². The average molecular weight is 262 g/mol. The van der Waals surface area contributed by atoms with Crippen molar-refractivity contribution in [3.63, 3.8) is 0 Å². The minimum atomic E-state index is 0.605. The average Bonchev–Trinajstić information content (AvgIpc) is 2.88. The van der Waals surface area contributed by atoms with Crippen LogP contribution in [0.4, 0.5) is 0 Å². The molecule has 3 nitrogen and oxygen atoms in total. The van der Waals surface area contributed by atoms with Gasteiger partial charge in [-0.1, -0.05) is 6.92 Å². The van der Waals surface area contributed by atoms with Crippen molar-refractivity contribution < 1.29 is 4.74 Å². The monoisotopic (exact) mass is 262 g/mol. The van der Waals surface area contributed by atoms with Crippen LogP contribution in [0, 0.1) is 6.92 Å². The maximum absolute atomic E-state index is 5.84. The number of ether oxygens (including phenoxy) is 1. The molecule has 4 heteroatoms. The van der Waals surface area contributed by atoms with Gasteiger partial charge in [0.2, 0.25) is 0 Å². The van der Waals surface area contributed by atoms with Gasteiger partial charge in [-0.15, -0.1) is 0 Å². The molecule has 0 fully saturated rings. The van der Waals surface area contributed by atoms with Gasteiger partial charge in [0, 0.05) is 12.2 Å². The predicted molar refractivity (Wildman–Crippen MR) is 75.0 cm³/mol. The Bertz CT molecular complexity index is 483. The number of hydrogen-bond donors (Lipinski definition) is 1. The second kappa shape index (κ2) is 6.52. The summed E-state index contributed by atoms with van der Waals surface area (Å²) < 4.78 is 5.84. The largest absolute Gasteiger partial charge is 0.487 e. The fourth-order valence-electron chi connectivity index (χ4n) is 1.64. The number of pyridine rings is 1. The molecule has 18 heavy (non-hydrogen) atoms. The number of rotatable bonds is 6. The fraction of sp³-hybridized carbons (Fsp3) is 0.357. The lowest BCUT2D eigenvalue weighted by molar-refractivity contribution is 0.300. The summed E-state index contributed by atoms with van der Waals surface area (Å²) in [6, 6.07) is 6.07. The van der Waals surface area contributed by atoms with E-state index in [0.717, 1.165) is 30.2 Å². The van der Waals surface area contributed by atoms with E-state index in [1.165, 1.54) is 5.56 Å². The number of nitrogens with one attached hydrogen (secondary N) is 1. The zero-order valence-electron chi connectivity index (χ0n) is 10.8. The van der Waals surface area contributed by atoms with Gasteiger partial charge in [0.05, 0.1) is 5.69 Å². The summed E-state index contributed by atoms with van der Waals surface area (Å²) in [4.78, 5) is 4.53. The van der Waals surface area contributed by atoms with E-state index in [9.17, 15) is 0 Å². The Morgan fingerprint density at radius 2 is 2.22 bits per heavy atom. The van der Waals surface area contributed by atoms with Crippen LogP contribution < -0.4 is 10.1 Å². The Hall–Kier alpha value is -1.39. The lowest BCUT2D eigenvalue weighted by Gasteiger charge is -2.11. The van der Waals surface area contributed by atoms with E-state index in [0.29, 0.717) is 6.61 Å². The second-order valence-electron chi connectivity index (χ2n) is 4.10. The first-order chi connectivity index (χ1) is 8.79. The summed E-state index contributed by atoms with van der Waals surface area (Å²) in [7, 11) is 0. The summed E-state index contributed by atoms with van der Waals surface area (Å²) >= 11 is 1.69. The van der Waals surface area contributed by atoms with E-state index in [1.54, 1.807) is 11.3 Å². The highest BCUT2D eigenvalue weighted by Gasteiger charge is 2.06. The zero-order chi connectivity index (χ0) is 12.8. The van der Waals surface area contributed by atoms with Gasteiger partial charge < -0.3 is 10.1 Å². The summed E-state index contributed by atoms with van der Waals surface area (Å²) in [5.41, 5.74) is 3.20. The number of nitrogens with zero attached hydrogens (tertiary/aromatic N) is 1. The molecule has 2 aromatic rings. The molecule has 2 aromatic heterocycles. The molecule has 96 valence electrons. The van der Waals surface area contributed by atoms with Crippen molar-refractivity contribution in [1.82, 2.24) is 10.3 Å². The minimum absolute atomic E-state index is 0.605. The van der Waals surface area contributed by atoms with E-state index >= 15 is 0 Å². The topological polar surface area (TPSA) is 34.2 Å². The SMILES string of the molecule is CCNCc1nc(C)ccc1OCc1ccsc1. The van der Waals surface area contributed by atoms with Crippen LogP contribution in [0.3, 0.4) is 0 Å². The van der Waals surface area contributed by atoms with Crippen molar-refractivity contribution >= 4 is 11.3 Å². The van der Waals surface area contributed by atoms with E-state index in [4.69, 9.17) is 4.74 Å². The number of thiophene rings is 1. The van der Waals surface area contributed by atoms with Crippen LogP contribution in [0.1, 0.15) is 23.9 Å². The summed E-state index contributed by atoms with van der Waals surface area (Å²) in [6.07, 6.45) is 0. The third-order valence-electron chi connectivity index (χ3n) is 2.59. The molecule has 0 aliphatic rings. The first kappa shape index (κ1) is 13.1. The molecule has 0 aromatic carbocycles. The third kappa shape index (κ3) is 3.55. The van der Waals surface area contributed by atoms with E-state index in [-0.39, 0.29) is 0 Å². The Balaban J connectivity index is 2.05. The standard InChI is InChI=1S/C14H18N2OS/c1-3-15-8-13-14(5-4-11(2)16-13)17-9-12-6-7-18-10-12/h4-7,10,15H,3,8-9H2,1-2H3. The lowest BCUT2D eigenvalue weighted by Crippen LogP contribution is -2.14. The number of hydrogen-bond acceptors (Lipinski definition) is 4. The zero-order valence-corrected chi connectivity index (χ0v) is 11.6. The molecule has 0 aliphatic carbocycles. The van der Waals surface area contributed by atoms with Gasteiger partial charge in [-0.05, 0) is 48.0 Å². The highest BCUT2D eigenvalue weighted by molar-refractivity contribution is 7.07. The molecule has 0 atom stereocenters. The van der Waals surface area contributed by atoms with Gasteiger partial charge in [-0.2, -0.15) is 11.3 Å². The van der Waals surface area contributed by atoms with Crippen LogP contribution in [0.25, 0.3) is 0 Å². The highest BCUT2D eigenvalue weighted by atomic mass is 32.1. The van der Waals surface area contributed by atoms with Crippen LogP contribution in [-0.4, -0.2) is 11.5 Å². The number of aromatic nitrogens is 1. The summed E-state index contributed by atoms with van der Waals surface area (Å²) in [5.74, 6) is 0.868. The van der Waals surface area contributed by atoms with Gasteiger partial charge in [0.15, 0.2) is 0 Å². The summed E-state index contributed by atoms with van der Waals surface area (Å²) in [5, 5.41) is 7.45. The molecule has 0 unspecified atom stereocenters. The van der Waals surface area contributed by atoms with Crippen molar-refractivity contribution in [2.45, 2.75) is 27.0 Å². The molecular formula is C14H18N2OS. The van der Waals surface area contributed by atoms with E-state index in [2.05, 4.69) is 34.1 Å². The molecular weight excluding hydrogens is 244 g/mol. The number of aryl methyl sites for hydroxylation is 1. The summed E-state index contributed by atoms with van der Waals surface area (Å²) in [6.45, 7) is 6.36. The van der Waals surface area contributed by atoms with E-state index in [1.807, 2.05) is 19.1 Å². The first-order valence-electron chi connectivity index (χ1n) is 6.10. The molecule has 0 saturated heterocycles. The second-order valence-corrected chi connectivity index (χ2v) is 4.88. The molecule has 0 saturated carbocycles. The minimum Gasteiger partial charge on any atom is -0.487 e. The maximum Gasteiger partial charge on any atom is 0.142 e. The van der Waals surface area contributed by atoms with Crippen LogP contribution in [0.2, 0.25) is 0 Å². The highest BCUT2D eigenvalue weighted by Crippen LogP contribution is 2.19. The Morgan fingerprint density at radius 3 is 2.94 bits per heavy atom. The van der Waals surface area contributed by atoms with Crippen LogP contribution >= 0.6 is 11.3 Å². The molecule has 0 spiro atoms. The van der Waals surface area contributed by atoms with Crippen molar-refractivity contribution in [3.05, 3.63) is 45.9 Å². The van der Waals surface area contributed by atoms with Crippen molar-refractivity contribution in [2.24, 2.45) is 0 Å². The van der Waals surface area contributed by atoms with Crippen molar-refractivity contribution in [2.75, 3.05) is 6.54 Å². The fourth-order valence-corrected chi connectivity index (χ4v) is 2.29. The van der Waals surface area contributed by atoms with E-state index < -0.39 is 0 Å². The molecule has 0 bridgehead atoms. The molecule has 0 amide bonds. The smallest absolute Gasteiger partial charge is 0.142 e. The maximum atomic E-state index is 5.84. The van der Waals surface area contributed by atoms with Crippen LogP contribution in [-0.2, 0) is 13.2 Å². The molecule has 2 heterocycles. The molecule has 1 N–H and O–H groups in total. The lowest BCUT2D eigenvalue weighted by atomic mass is 10.2. The van der Waals surface area contributed by atoms with Crippen molar-refractivity contribution in [3.8, 4) is 5.75 Å². The van der Waals surface area contributed by atoms with Gasteiger partial charge in [-0.3, -0.25) is 4.98 Å². The Kier molecular flexibility index (Phi) is 4.73. The van der Waals surface area contributed by atoms with Crippen LogP contribution in [0.15, 0.2) is 29.0 Å². The van der Waals surface area contributed by atoms with Crippen LogP contribution in [0.5, 0.6) is 5.75 Å². The normalized spacial score (nSPS) is 10.6. The Morgan fingerprint density at radius 1 is 1.33 bits per heavy atom. The Labute approximate surface area is 112 Å². The third-order valence-corrected chi connectivity index (χ3v) is 3.32. The predicted octanol–water partition coefficient (Wildman–Crippen LogP) is 3.14. The van der Waals surface area contributed by atoms with Gasteiger partial charge in [0.25, 0.3) is 0 Å². The molecule has 2 rings (SSSR count). The molecule has 0 aliphatic heterocycles.